The number of benzene rings is 2. The number of halogens is 3. The van der Waals surface area contributed by atoms with Crippen molar-refractivity contribution < 1.29 is 20.8 Å². The summed E-state index contributed by atoms with van der Waals surface area (Å²) in [7, 11) is 9.87. The molecule has 0 aliphatic heterocycles. The first-order valence-corrected chi connectivity index (χ1v) is 13.3. The van der Waals surface area contributed by atoms with Gasteiger partial charge in [0.2, 0.25) is 0 Å². The van der Waals surface area contributed by atoms with Crippen LogP contribution in [-0.2, 0) is 20.8 Å². The zero-order chi connectivity index (χ0) is 15.2. The summed E-state index contributed by atoms with van der Waals surface area (Å²) >= 11 is 5.12. The molecule has 0 amide bonds. The second kappa shape index (κ2) is 8.54. The Balaban J connectivity index is 0.000000497. The van der Waals surface area contributed by atoms with Crippen molar-refractivity contribution in [1.82, 2.24) is 0 Å². The van der Waals surface area contributed by atoms with Crippen LogP contribution in [0.3, 0.4) is 0 Å². The molecule has 3 rings (SSSR count). The fourth-order valence-corrected chi connectivity index (χ4v) is 2.51. The van der Waals surface area contributed by atoms with Crippen molar-refractivity contribution in [2.45, 2.75) is 13.3 Å². The molecule has 0 spiro atoms. The molecule has 4 heteroatoms. The molecular formula is C17H14Cl3Zr. The zero-order valence-electron chi connectivity index (χ0n) is 11.5. The van der Waals surface area contributed by atoms with Gasteiger partial charge >= 0.3 is 37.9 Å². The maximum atomic E-state index is 5.94. The number of hydrogen-bond donors (Lipinski definition) is 0. The molecule has 0 nitrogen and oxygen atoms in total. The van der Waals surface area contributed by atoms with Crippen LogP contribution in [0.1, 0.15) is 24.5 Å². The van der Waals surface area contributed by atoms with Crippen LogP contribution in [0.15, 0.2) is 48.0 Å². The first-order chi connectivity index (χ1) is 10.2. The molecule has 1 aliphatic carbocycles. The molecule has 0 N–H and O–H groups in total. The SMILES string of the molecule is CCC1=Cc2c(cccc2-c2ccc(Cl)cc2)[CH]1.[Cl][Zr][Cl]. The first-order valence-electron chi connectivity index (χ1n) is 6.60. The molecule has 1 aliphatic rings. The molecule has 0 saturated heterocycles. The van der Waals surface area contributed by atoms with Crippen molar-refractivity contribution in [2.75, 3.05) is 0 Å². The summed E-state index contributed by atoms with van der Waals surface area (Å²) < 4.78 is 0. The number of allylic oxidation sites excluding steroid dienone is 1. The van der Waals surface area contributed by atoms with Gasteiger partial charge in [-0.25, -0.2) is 0 Å². The summed E-state index contributed by atoms with van der Waals surface area (Å²) in [6.45, 7) is 2.19. The van der Waals surface area contributed by atoms with Gasteiger partial charge in [-0.2, -0.15) is 0 Å². The van der Waals surface area contributed by atoms with Gasteiger partial charge in [-0.05, 0) is 40.8 Å². The van der Waals surface area contributed by atoms with Gasteiger partial charge in [-0.3, -0.25) is 0 Å². The molecule has 1 radical (unpaired) electrons. The third kappa shape index (κ3) is 4.46. The van der Waals surface area contributed by atoms with Crippen LogP contribution in [0.2, 0.25) is 5.02 Å². The predicted molar refractivity (Wildman–Crippen MR) is 90.3 cm³/mol. The van der Waals surface area contributed by atoms with E-state index < -0.39 is 20.8 Å². The van der Waals surface area contributed by atoms with Crippen molar-refractivity contribution in [2.24, 2.45) is 0 Å². The van der Waals surface area contributed by atoms with E-state index in [1.165, 1.54) is 27.8 Å². The molecule has 0 saturated carbocycles. The van der Waals surface area contributed by atoms with E-state index in [1.807, 2.05) is 12.1 Å². The minimum absolute atomic E-state index is 0.780. The van der Waals surface area contributed by atoms with E-state index in [2.05, 4.69) is 49.8 Å². The minimum atomic E-state index is -0.826. The molecular weight excluding hydrogens is 402 g/mol. The normalized spacial score (nSPS) is 12.1. The van der Waals surface area contributed by atoms with Crippen LogP contribution in [0, 0.1) is 6.42 Å². The quantitative estimate of drug-likeness (QED) is 0.509. The molecule has 0 heterocycles. The van der Waals surface area contributed by atoms with E-state index in [9.17, 15) is 0 Å². The van der Waals surface area contributed by atoms with Crippen molar-refractivity contribution >= 4 is 34.7 Å². The third-order valence-corrected chi connectivity index (χ3v) is 3.63. The Kier molecular flexibility index (Phi) is 7.03. The van der Waals surface area contributed by atoms with Gasteiger partial charge in [0.15, 0.2) is 0 Å². The van der Waals surface area contributed by atoms with E-state index in [-0.39, 0.29) is 0 Å². The van der Waals surface area contributed by atoms with Crippen molar-refractivity contribution in [3.63, 3.8) is 0 Å². The topological polar surface area (TPSA) is 0 Å². The molecule has 2 aromatic rings. The van der Waals surface area contributed by atoms with Gasteiger partial charge in [-0.15, -0.1) is 0 Å². The van der Waals surface area contributed by atoms with Crippen LogP contribution in [0.4, 0.5) is 0 Å². The number of fused-ring (bicyclic) bond motifs is 1. The summed E-state index contributed by atoms with van der Waals surface area (Å²) in [5.74, 6) is 0. The predicted octanol–water partition coefficient (Wildman–Crippen LogP) is 6.74. The van der Waals surface area contributed by atoms with Crippen LogP contribution < -0.4 is 0 Å². The van der Waals surface area contributed by atoms with Crippen molar-refractivity contribution in [3.8, 4) is 11.1 Å². The molecule has 0 fully saturated rings. The van der Waals surface area contributed by atoms with Gasteiger partial charge < -0.3 is 0 Å². The Labute approximate surface area is 149 Å². The van der Waals surface area contributed by atoms with E-state index in [0.717, 1.165) is 11.4 Å². The van der Waals surface area contributed by atoms with E-state index >= 15 is 0 Å². The van der Waals surface area contributed by atoms with Gasteiger partial charge in [0.1, 0.15) is 0 Å². The summed E-state index contributed by atoms with van der Waals surface area (Å²) in [6, 6.07) is 14.5. The molecule has 0 aromatic heterocycles. The fraction of sp³-hybridized carbons (Fsp3) is 0.118. The standard InChI is InChI=1S/C17H14Cl.2ClH.Zr/c1-2-12-10-14-4-3-5-16(17(14)11-12)13-6-8-15(18)9-7-13;;;/h3-11H,2H2,1H3;2*1H;/q;;;+2/p-2. The molecule has 0 atom stereocenters. The van der Waals surface area contributed by atoms with Crippen LogP contribution >= 0.6 is 28.6 Å². The second-order valence-corrected chi connectivity index (χ2v) is 8.77. The van der Waals surface area contributed by atoms with Gasteiger partial charge in [-0.1, -0.05) is 60.5 Å². The molecule has 0 bridgehead atoms. The molecule has 21 heavy (non-hydrogen) atoms. The Morgan fingerprint density at radius 1 is 1.00 bits per heavy atom. The molecule has 0 unspecified atom stereocenters. The summed E-state index contributed by atoms with van der Waals surface area (Å²) in [5.41, 5.74) is 6.55. The molecule has 2 aromatic carbocycles. The zero-order valence-corrected chi connectivity index (χ0v) is 16.3. The fourth-order valence-electron chi connectivity index (χ4n) is 2.38. The van der Waals surface area contributed by atoms with Crippen LogP contribution in [0.25, 0.3) is 17.2 Å². The maximum absolute atomic E-state index is 5.94. The average Bonchev–Trinajstić information content (AvgIpc) is 2.92. The first kappa shape index (κ1) is 17.3. The Hall–Kier alpha value is -0.0669. The Morgan fingerprint density at radius 2 is 1.67 bits per heavy atom. The summed E-state index contributed by atoms with van der Waals surface area (Å²) in [6.07, 6.45) is 5.64. The van der Waals surface area contributed by atoms with Crippen LogP contribution in [-0.4, -0.2) is 0 Å². The average molecular weight is 416 g/mol. The van der Waals surface area contributed by atoms with E-state index in [4.69, 9.17) is 28.6 Å². The third-order valence-electron chi connectivity index (χ3n) is 3.37. The number of rotatable bonds is 2. The second-order valence-electron chi connectivity index (χ2n) is 4.60. The van der Waals surface area contributed by atoms with Crippen molar-refractivity contribution in [1.29, 1.82) is 0 Å². The monoisotopic (exact) mass is 413 g/mol. The van der Waals surface area contributed by atoms with Gasteiger partial charge in [0, 0.05) is 11.4 Å². The van der Waals surface area contributed by atoms with Gasteiger partial charge in [0.05, 0.1) is 0 Å². The Morgan fingerprint density at radius 3 is 2.29 bits per heavy atom. The Bertz CT molecular complexity index is 633. The van der Waals surface area contributed by atoms with Gasteiger partial charge in [0.25, 0.3) is 0 Å². The van der Waals surface area contributed by atoms with E-state index in [0.29, 0.717) is 0 Å². The summed E-state index contributed by atoms with van der Waals surface area (Å²) in [4.78, 5) is 0. The summed E-state index contributed by atoms with van der Waals surface area (Å²) in [5, 5.41) is 0.780. The number of hydrogen-bond acceptors (Lipinski definition) is 0. The van der Waals surface area contributed by atoms with E-state index in [1.54, 1.807) is 0 Å². The van der Waals surface area contributed by atoms with Crippen LogP contribution in [0.5, 0.6) is 0 Å². The molecule has 107 valence electrons. The van der Waals surface area contributed by atoms with Crippen molar-refractivity contribution in [3.05, 3.63) is 70.6 Å².